The first-order valence-corrected chi connectivity index (χ1v) is 14.1. The van der Waals surface area contributed by atoms with Crippen molar-refractivity contribution in [2.45, 2.75) is 45.2 Å². The highest BCUT2D eigenvalue weighted by Crippen LogP contribution is 2.28. The van der Waals surface area contributed by atoms with Crippen molar-refractivity contribution in [3.8, 4) is 0 Å². The van der Waals surface area contributed by atoms with E-state index in [-0.39, 0.29) is 17.3 Å². The minimum atomic E-state index is -4.09. The number of hydrogen-bond donors (Lipinski definition) is 1. The number of sulfonamides is 1. The van der Waals surface area contributed by atoms with E-state index in [1.165, 1.54) is 24.1 Å². The lowest BCUT2D eigenvalue weighted by Gasteiger charge is -2.32. The lowest BCUT2D eigenvalue weighted by Crippen LogP contribution is -2.50. The third-order valence-corrected chi connectivity index (χ3v) is 8.43. The summed E-state index contributed by atoms with van der Waals surface area (Å²) in [7, 11) is -2.58. The van der Waals surface area contributed by atoms with Gasteiger partial charge in [0.2, 0.25) is 11.8 Å². The normalized spacial score (nSPS) is 12.1. The second kappa shape index (κ2) is 11.9. The smallest absolute Gasteiger partial charge is 0.264 e. The van der Waals surface area contributed by atoms with Crippen LogP contribution in [0.2, 0.25) is 0 Å². The molecule has 3 aromatic rings. The predicted molar refractivity (Wildman–Crippen MR) is 150 cm³/mol. The van der Waals surface area contributed by atoms with Gasteiger partial charge in [0.15, 0.2) is 0 Å². The number of benzene rings is 3. The Morgan fingerprint density at radius 2 is 1.59 bits per heavy atom. The van der Waals surface area contributed by atoms with E-state index in [9.17, 15) is 18.0 Å². The fourth-order valence-electron chi connectivity index (χ4n) is 4.06. The summed E-state index contributed by atoms with van der Waals surface area (Å²) in [6, 6.07) is 18.5. The van der Waals surface area contributed by atoms with Crippen LogP contribution in [0.15, 0.2) is 76.1 Å². The molecule has 0 aliphatic heterocycles. The number of carbonyl (C=O) groups excluding carboxylic acids is 2. The van der Waals surface area contributed by atoms with E-state index in [0.717, 1.165) is 31.0 Å². The summed E-state index contributed by atoms with van der Waals surface area (Å²) in [4.78, 5) is 27.9. The van der Waals surface area contributed by atoms with Crippen LogP contribution in [0, 0.1) is 20.8 Å². The van der Waals surface area contributed by atoms with Gasteiger partial charge in [0, 0.05) is 18.1 Å². The lowest BCUT2D eigenvalue weighted by atomic mass is 10.1. The van der Waals surface area contributed by atoms with Gasteiger partial charge < -0.3 is 10.2 Å². The predicted octanol–water partition coefficient (Wildman–Crippen LogP) is 4.73. The summed E-state index contributed by atoms with van der Waals surface area (Å²) in [5, 5.41) is 2.59. The summed E-state index contributed by atoms with van der Waals surface area (Å²) < 4.78 is 29.7. The number of aryl methyl sites for hydroxylation is 3. The minimum absolute atomic E-state index is 0.0868. The van der Waals surface area contributed by atoms with E-state index in [4.69, 9.17) is 0 Å². The average molecular weight is 587 g/mol. The molecule has 0 aliphatic carbocycles. The molecule has 1 atom stereocenters. The summed E-state index contributed by atoms with van der Waals surface area (Å²) in [5.41, 5.74) is 3.84. The van der Waals surface area contributed by atoms with E-state index in [1.54, 1.807) is 25.1 Å². The summed E-state index contributed by atoms with van der Waals surface area (Å²) in [6.45, 7) is 6.92. The van der Waals surface area contributed by atoms with Crippen LogP contribution >= 0.6 is 15.9 Å². The van der Waals surface area contributed by atoms with E-state index in [1.807, 2.05) is 57.2 Å². The minimum Gasteiger partial charge on any atom is -0.357 e. The van der Waals surface area contributed by atoms with Gasteiger partial charge in [-0.3, -0.25) is 13.9 Å². The number of nitrogens with zero attached hydrogens (tertiary/aromatic N) is 2. The van der Waals surface area contributed by atoms with Crippen molar-refractivity contribution < 1.29 is 18.0 Å². The van der Waals surface area contributed by atoms with Crippen LogP contribution in [-0.4, -0.2) is 44.8 Å². The number of carbonyl (C=O) groups is 2. The average Bonchev–Trinajstić information content (AvgIpc) is 2.85. The Morgan fingerprint density at radius 3 is 2.19 bits per heavy atom. The molecule has 7 nitrogen and oxygen atoms in total. The number of hydrogen-bond acceptors (Lipinski definition) is 4. The molecular formula is C28H32BrN3O4S. The molecule has 0 saturated heterocycles. The quantitative estimate of drug-likeness (QED) is 0.393. The zero-order valence-electron chi connectivity index (χ0n) is 21.7. The highest BCUT2D eigenvalue weighted by molar-refractivity contribution is 9.10. The maximum Gasteiger partial charge on any atom is 0.264 e. The molecule has 0 aliphatic rings. The van der Waals surface area contributed by atoms with Crippen LogP contribution in [0.5, 0.6) is 0 Å². The Hall–Kier alpha value is -3.17. The third-order valence-electron chi connectivity index (χ3n) is 6.16. The topological polar surface area (TPSA) is 86.8 Å². The number of likely N-dealkylation sites (N-methyl/N-ethyl adjacent to an activating group) is 1. The summed E-state index contributed by atoms with van der Waals surface area (Å²) in [6.07, 6.45) is 0. The Kier molecular flexibility index (Phi) is 9.15. The molecule has 1 unspecified atom stereocenters. The zero-order valence-corrected chi connectivity index (χ0v) is 24.1. The van der Waals surface area contributed by atoms with Crippen molar-refractivity contribution in [2.75, 3.05) is 17.9 Å². The maximum absolute atomic E-state index is 13.9. The van der Waals surface area contributed by atoms with E-state index in [2.05, 4.69) is 21.2 Å². The van der Waals surface area contributed by atoms with Crippen molar-refractivity contribution in [2.24, 2.45) is 0 Å². The van der Waals surface area contributed by atoms with Crippen molar-refractivity contribution in [1.82, 2.24) is 10.2 Å². The number of halogens is 1. The summed E-state index contributed by atoms with van der Waals surface area (Å²) in [5.74, 6) is -0.838. The molecule has 0 saturated carbocycles. The van der Waals surface area contributed by atoms with Crippen LogP contribution < -0.4 is 9.62 Å². The summed E-state index contributed by atoms with van der Waals surface area (Å²) >= 11 is 3.44. The van der Waals surface area contributed by atoms with Gasteiger partial charge in [-0.05, 0) is 69.2 Å². The van der Waals surface area contributed by atoms with Gasteiger partial charge in [-0.1, -0.05) is 63.5 Å². The largest absolute Gasteiger partial charge is 0.357 e. The van der Waals surface area contributed by atoms with Crippen molar-refractivity contribution in [3.63, 3.8) is 0 Å². The zero-order chi connectivity index (χ0) is 27.3. The van der Waals surface area contributed by atoms with Crippen molar-refractivity contribution >= 4 is 43.5 Å². The molecule has 0 bridgehead atoms. The molecule has 37 heavy (non-hydrogen) atoms. The van der Waals surface area contributed by atoms with Gasteiger partial charge >= 0.3 is 0 Å². The fourth-order valence-corrected chi connectivity index (χ4v) is 5.98. The number of anilines is 1. The number of nitrogens with one attached hydrogen (secondary N) is 1. The highest BCUT2D eigenvalue weighted by atomic mass is 79.9. The molecule has 0 heterocycles. The van der Waals surface area contributed by atoms with Crippen LogP contribution in [0.1, 0.15) is 29.2 Å². The van der Waals surface area contributed by atoms with Gasteiger partial charge in [0.1, 0.15) is 12.6 Å². The molecule has 3 rings (SSSR count). The lowest BCUT2D eigenvalue weighted by molar-refractivity contribution is -0.139. The molecule has 0 fully saturated rings. The van der Waals surface area contributed by atoms with E-state index in [0.29, 0.717) is 5.69 Å². The van der Waals surface area contributed by atoms with Crippen LogP contribution in [0.4, 0.5) is 5.69 Å². The molecule has 0 spiro atoms. The molecule has 0 aromatic heterocycles. The van der Waals surface area contributed by atoms with Crippen molar-refractivity contribution in [1.29, 1.82) is 0 Å². The highest BCUT2D eigenvalue weighted by Gasteiger charge is 2.33. The molecule has 0 radical (unpaired) electrons. The Morgan fingerprint density at radius 1 is 0.946 bits per heavy atom. The second-order valence-corrected chi connectivity index (χ2v) is 11.8. The maximum atomic E-state index is 13.9. The fraction of sp³-hybridized carbons (Fsp3) is 0.286. The Balaban J connectivity index is 2.07. The Bertz CT molecular complexity index is 1390. The third kappa shape index (κ3) is 6.78. The first-order chi connectivity index (χ1) is 17.4. The van der Waals surface area contributed by atoms with Gasteiger partial charge in [-0.2, -0.15) is 0 Å². The molecule has 9 heteroatoms. The number of rotatable bonds is 9. The molecular weight excluding hydrogens is 554 g/mol. The van der Waals surface area contributed by atoms with Crippen molar-refractivity contribution in [3.05, 3.63) is 93.5 Å². The molecule has 2 amide bonds. The first kappa shape index (κ1) is 28.4. The molecule has 1 N–H and O–H groups in total. The van der Waals surface area contributed by atoms with Crippen LogP contribution in [0.3, 0.4) is 0 Å². The molecule has 3 aromatic carbocycles. The van der Waals surface area contributed by atoms with Gasteiger partial charge in [0.05, 0.1) is 10.6 Å². The van der Waals surface area contributed by atoms with Gasteiger partial charge in [-0.25, -0.2) is 8.42 Å². The monoisotopic (exact) mass is 585 g/mol. The standard InChI is InChI=1S/C28H32BrN3O4S/c1-19-9-12-25(13-10-19)37(35,36)32(26-14-11-20(2)15-21(26)3)18-27(33)31(22(4)28(34)30-5)17-23-7-6-8-24(29)16-23/h6-16,22H,17-18H2,1-5H3,(H,30,34). The first-order valence-electron chi connectivity index (χ1n) is 11.9. The van der Waals surface area contributed by atoms with Crippen LogP contribution in [-0.2, 0) is 26.2 Å². The second-order valence-electron chi connectivity index (χ2n) is 9.06. The van der Waals surface area contributed by atoms with Gasteiger partial charge in [0.25, 0.3) is 10.0 Å². The van der Waals surface area contributed by atoms with E-state index >= 15 is 0 Å². The van der Waals surface area contributed by atoms with E-state index < -0.39 is 28.5 Å². The van der Waals surface area contributed by atoms with Crippen LogP contribution in [0.25, 0.3) is 0 Å². The van der Waals surface area contributed by atoms with Gasteiger partial charge in [-0.15, -0.1) is 0 Å². The SMILES string of the molecule is CNC(=O)C(C)N(Cc1cccc(Br)c1)C(=O)CN(c1ccc(C)cc1C)S(=O)(=O)c1ccc(C)cc1. The Labute approximate surface area is 227 Å². The number of amides is 2. The molecule has 196 valence electrons.